The topological polar surface area (TPSA) is 0 Å². The number of hydrogen-bond donors (Lipinski definition) is 0. The molecule has 0 heterocycles. The van der Waals surface area contributed by atoms with Crippen molar-refractivity contribution in [3.05, 3.63) is 36.8 Å². The van der Waals surface area contributed by atoms with Gasteiger partial charge in [0.25, 0.3) is 0 Å². The van der Waals surface area contributed by atoms with Gasteiger partial charge < -0.3 is 0 Å². The Morgan fingerprint density at radius 2 is 2.00 bits per heavy atom. The van der Waals surface area contributed by atoms with Gasteiger partial charge in [-0.15, -0.1) is 11.8 Å². The maximum atomic E-state index is 2.26. The lowest BCUT2D eigenvalue weighted by Gasteiger charge is -2.08. The van der Waals surface area contributed by atoms with Crippen LogP contribution in [-0.2, 0) is 0 Å². The second kappa shape index (κ2) is 5.26. The van der Waals surface area contributed by atoms with Crippen molar-refractivity contribution in [3.8, 4) is 0 Å². The van der Waals surface area contributed by atoms with Crippen LogP contribution >= 0.6 is 11.8 Å². The summed E-state index contributed by atoms with van der Waals surface area (Å²) in [6, 6.07) is 10.6. The first-order chi connectivity index (χ1) is 5.83. The van der Waals surface area contributed by atoms with Crippen molar-refractivity contribution >= 4 is 11.8 Å². The molecule has 0 bridgehead atoms. The van der Waals surface area contributed by atoms with Gasteiger partial charge in [0.2, 0.25) is 0 Å². The van der Waals surface area contributed by atoms with Crippen LogP contribution in [0.15, 0.2) is 35.2 Å². The monoisotopic (exact) mass is 179 g/mol. The number of hydrogen-bond acceptors (Lipinski definition) is 1. The summed E-state index contributed by atoms with van der Waals surface area (Å²) < 4.78 is 0. The lowest BCUT2D eigenvalue weighted by molar-refractivity contribution is 0.920. The van der Waals surface area contributed by atoms with E-state index in [-0.39, 0.29) is 0 Å². The van der Waals surface area contributed by atoms with Crippen molar-refractivity contribution < 1.29 is 0 Å². The van der Waals surface area contributed by atoms with Crippen LogP contribution in [0.25, 0.3) is 0 Å². The number of benzene rings is 1. The van der Waals surface area contributed by atoms with E-state index in [1.807, 2.05) is 11.8 Å². The molecular formula is C11H15S. The Morgan fingerprint density at radius 1 is 1.33 bits per heavy atom. The van der Waals surface area contributed by atoms with Crippen LogP contribution in [0.3, 0.4) is 0 Å². The number of thioether (sulfide) groups is 1. The van der Waals surface area contributed by atoms with Gasteiger partial charge in [-0.25, -0.2) is 0 Å². The molecule has 1 unspecified atom stereocenters. The zero-order chi connectivity index (χ0) is 8.81. The molecule has 0 aliphatic carbocycles. The quantitative estimate of drug-likeness (QED) is 0.634. The highest BCUT2D eigenvalue weighted by Crippen LogP contribution is 2.24. The summed E-state index contributed by atoms with van der Waals surface area (Å²) in [7, 11) is 0. The minimum absolute atomic E-state index is 0.692. The first kappa shape index (κ1) is 9.66. The van der Waals surface area contributed by atoms with Crippen LogP contribution in [-0.4, -0.2) is 5.25 Å². The lowest BCUT2D eigenvalue weighted by atomic mass is 10.3. The minimum atomic E-state index is 0.692. The third kappa shape index (κ3) is 3.31. The molecule has 0 saturated carbocycles. The van der Waals surface area contributed by atoms with E-state index in [9.17, 15) is 0 Å². The fourth-order valence-corrected chi connectivity index (χ4v) is 2.18. The molecule has 0 spiro atoms. The van der Waals surface area contributed by atoms with Crippen LogP contribution in [0.2, 0.25) is 0 Å². The van der Waals surface area contributed by atoms with E-state index >= 15 is 0 Å². The largest absolute Gasteiger partial charge is 0.123 e. The standard InChI is InChI=1S/C11H15S/c1-3-7-10(2)12-11-8-5-4-6-9-11/h3-6,8-10H,7H2,1-2H3. The molecule has 1 atom stereocenters. The molecule has 0 aliphatic rings. The molecule has 0 N–H and O–H groups in total. The Balaban J connectivity index is 2.41. The Hall–Kier alpha value is -0.430. The average molecular weight is 179 g/mol. The van der Waals surface area contributed by atoms with Gasteiger partial charge in [-0.05, 0) is 25.0 Å². The first-order valence-electron chi connectivity index (χ1n) is 4.32. The van der Waals surface area contributed by atoms with Crippen LogP contribution in [0.4, 0.5) is 0 Å². The molecule has 12 heavy (non-hydrogen) atoms. The van der Waals surface area contributed by atoms with Gasteiger partial charge in [0.15, 0.2) is 0 Å². The van der Waals surface area contributed by atoms with E-state index in [1.165, 1.54) is 11.3 Å². The summed E-state index contributed by atoms with van der Waals surface area (Å²) in [4.78, 5) is 1.37. The molecule has 65 valence electrons. The lowest BCUT2D eigenvalue weighted by Crippen LogP contribution is -1.93. The predicted molar refractivity (Wildman–Crippen MR) is 56.4 cm³/mol. The SMILES string of the molecule is C[CH]CC(C)Sc1ccccc1. The van der Waals surface area contributed by atoms with Gasteiger partial charge in [-0.2, -0.15) is 0 Å². The molecule has 0 fully saturated rings. The second-order valence-electron chi connectivity index (χ2n) is 2.89. The minimum Gasteiger partial charge on any atom is -0.123 e. The molecule has 0 amide bonds. The van der Waals surface area contributed by atoms with Gasteiger partial charge in [0.05, 0.1) is 0 Å². The fourth-order valence-electron chi connectivity index (χ4n) is 1.11. The van der Waals surface area contributed by atoms with Crippen LogP contribution in [0.5, 0.6) is 0 Å². The van der Waals surface area contributed by atoms with E-state index in [1.54, 1.807) is 0 Å². The molecule has 1 heteroatoms. The molecule has 0 nitrogen and oxygen atoms in total. The van der Waals surface area contributed by atoms with E-state index in [0.29, 0.717) is 5.25 Å². The zero-order valence-electron chi connectivity index (χ0n) is 7.66. The van der Waals surface area contributed by atoms with Crippen molar-refractivity contribution in [2.45, 2.75) is 30.4 Å². The number of rotatable bonds is 4. The maximum Gasteiger partial charge on any atom is 0.00746 e. The van der Waals surface area contributed by atoms with E-state index < -0.39 is 0 Å². The summed E-state index contributed by atoms with van der Waals surface area (Å²) in [6.07, 6.45) is 3.40. The molecule has 0 aliphatic heterocycles. The summed E-state index contributed by atoms with van der Waals surface area (Å²) in [5.74, 6) is 0. The van der Waals surface area contributed by atoms with Gasteiger partial charge in [-0.1, -0.05) is 32.0 Å². The Bertz CT molecular complexity index is 206. The average Bonchev–Trinajstić information content (AvgIpc) is 2.06. The maximum absolute atomic E-state index is 2.26. The Labute approximate surface area is 79.4 Å². The van der Waals surface area contributed by atoms with Gasteiger partial charge in [-0.3, -0.25) is 0 Å². The molecule has 1 radical (unpaired) electrons. The fraction of sp³-hybridized carbons (Fsp3) is 0.364. The van der Waals surface area contributed by atoms with Crippen molar-refractivity contribution in [1.29, 1.82) is 0 Å². The molecule has 1 aromatic rings. The van der Waals surface area contributed by atoms with Crippen LogP contribution < -0.4 is 0 Å². The van der Waals surface area contributed by atoms with Crippen molar-refractivity contribution in [3.63, 3.8) is 0 Å². The molecule has 0 aromatic heterocycles. The normalized spacial score (nSPS) is 12.8. The van der Waals surface area contributed by atoms with Gasteiger partial charge >= 0.3 is 0 Å². The summed E-state index contributed by atoms with van der Waals surface area (Å²) >= 11 is 1.94. The Kier molecular flexibility index (Phi) is 4.23. The second-order valence-corrected chi connectivity index (χ2v) is 4.40. The summed E-state index contributed by atoms with van der Waals surface area (Å²) in [6.45, 7) is 4.37. The predicted octanol–water partition coefficient (Wildman–Crippen LogP) is 3.78. The molecular weight excluding hydrogens is 164 g/mol. The smallest absolute Gasteiger partial charge is 0.00746 e. The van der Waals surface area contributed by atoms with Crippen LogP contribution in [0.1, 0.15) is 20.3 Å². The van der Waals surface area contributed by atoms with Gasteiger partial charge in [0, 0.05) is 10.1 Å². The van der Waals surface area contributed by atoms with Crippen LogP contribution in [0, 0.1) is 6.42 Å². The highest BCUT2D eigenvalue weighted by Gasteiger charge is 2.01. The first-order valence-corrected chi connectivity index (χ1v) is 5.20. The summed E-state index contributed by atoms with van der Waals surface area (Å²) in [5.41, 5.74) is 0. The van der Waals surface area contributed by atoms with Crippen molar-refractivity contribution in [2.75, 3.05) is 0 Å². The van der Waals surface area contributed by atoms with E-state index in [0.717, 1.165) is 0 Å². The third-order valence-corrected chi connectivity index (χ3v) is 2.79. The van der Waals surface area contributed by atoms with Gasteiger partial charge in [0.1, 0.15) is 0 Å². The molecule has 1 aromatic carbocycles. The zero-order valence-corrected chi connectivity index (χ0v) is 8.47. The van der Waals surface area contributed by atoms with E-state index in [4.69, 9.17) is 0 Å². The molecule has 1 rings (SSSR count). The highest BCUT2D eigenvalue weighted by molar-refractivity contribution is 7.99. The highest BCUT2D eigenvalue weighted by atomic mass is 32.2. The van der Waals surface area contributed by atoms with E-state index in [2.05, 4.69) is 50.6 Å². The summed E-state index contributed by atoms with van der Waals surface area (Å²) in [5, 5.41) is 0.692. The molecule has 0 saturated heterocycles. The third-order valence-electron chi connectivity index (χ3n) is 1.65. The van der Waals surface area contributed by atoms with Crippen molar-refractivity contribution in [2.24, 2.45) is 0 Å². The Morgan fingerprint density at radius 3 is 2.58 bits per heavy atom. The van der Waals surface area contributed by atoms with Crippen molar-refractivity contribution in [1.82, 2.24) is 0 Å².